The summed E-state index contributed by atoms with van der Waals surface area (Å²) >= 11 is 0. The lowest BCUT2D eigenvalue weighted by Crippen LogP contribution is -2.09. The SMILES string of the molecule is COc1cc2c(c(OC(C)C)c1C)Oc1cccc(OC(C)C)c1C=C2. The van der Waals surface area contributed by atoms with Crippen LogP contribution in [-0.2, 0) is 0 Å². The Morgan fingerprint density at radius 1 is 0.923 bits per heavy atom. The van der Waals surface area contributed by atoms with E-state index in [4.69, 9.17) is 18.9 Å². The van der Waals surface area contributed by atoms with Crippen molar-refractivity contribution in [1.29, 1.82) is 0 Å². The molecule has 0 unspecified atom stereocenters. The van der Waals surface area contributed by atoms with Gasteiger partial charge in [-0.15, -0.1) is 0 Å². The molecule has 2 aromatic rings. The Morgan fingerprint density at radius 3 is 2.31 bits per heavy atom. The molecular formula is C22H26O4. The Kier molecular flexibility index (Phi) is 5.12. The second-order valence-corrected chi connectivity index (χ2v) is 6.89. The zero-order chi connectivity index (χ0) is 18.8. The molecule has 0 aliphatic carbocycles. The molecule has 3 rings (SSSR count). The molecule has 1 aliphatic heterocycles. The third-order valence-electron chi connectivity index (χ3n) is 4.07. The largest absolute Gasteiger partial charge is 0.496 e. The van der Waals surface area contributed by atoms with E-state index in [1.54, 1.807) is 7.11 Å². The van der Waals surface area contributed by atoms with Crippen LogP contribution in [0.3, 0.4) is 0 Å². The predicted molar refractivity (Wildman–Crippen MR) is 105 cm³/mol. The highest BCUT2D eigenvalue weighted by Gasteiger charge is 2.23. The maximum atomic E-state index is 6.31. The zero-order valence-electron chi connectivity index (χ0n) is 16.3. The molecule has 0 radical (unpaired) electrons. The van der Waals surface area contributed by atoms with E-state index in [0.29, 0.717) is 11.5 Å². The number of methoxy groups -OCH3 is 1. The van der Waals surface area contributed by atoms with E-state index in [1.165, 1.54) is 0 Å². The van der Waals surface area contributed by atoms with Gasteiger partial charge in [-0.3, -0.25) is 0 Å². The summed E-state index contributed by atoms with van der Waals surface area (Å²) in [5, 5.41) is 0. The maximum Gasteiger partial charge on any atom is 0.177 e. The first-order valence-corrected chi connectivity index (χ1v) is 8.94. The lowest BCUT2D eigenvalue weighted by atomic mass is 10.1. The molecule has 0 spiro atoms. The van der Waals surface area contributed by atoms with E-state index in [1.807, 2.05) is 71.0 Å². The van der Waals surface area contributed by atoms with Crippen LogP contribution in [0.15, 0.2) is 24.3 Å². The van der Waals surface area contributed by atoms with Crippen LogP contribution in [0.25, 0.3) is 12.2 Å². The quantitative estimate of drug-likeness (QED) is 0.575. The molecule has 1 aliphatic rings. The second kappa shape index (κ2) is 7.32. The highest BCUT2D eigenvalue weighted by molar-refractivity contribution is 5.83. The fourth-order valence-corrected chi connectivity index (χ4v) is 2.96. The van der Waals surface area contributed by atoms with Crippen LogP contribution < -0.4 is 18.9 Å². The standard InChI is InChI=1S/C22H26O4/c1-13(2)24-18-8-7-9-19-17(18)11-10-16-12-20(23-6)15(5)21(22(16)26-19)25-14(3)4/h7-14H,1-6H3. The predicted octanol–water partition coefficient (Wildman–Crippen LogP) is 5.85. The van der Waals surface area contributed by atoms with E-state index in [9.17, 15) is 0 Å². The van der Waals surface area contributed by atoms with Crippen LogP contribution in [0.5, 0.6) is 28.7 Å². The van der Waals surface area contributed by atoms with Gasteiger partial charge in [0.1, 0.15) is 17.2 Å². The van der Waals surface area contributed by atoms with Crippen LogP contribution in [0, 0.1) is 6.92 Å². The third-order valence-corrected chi connectivity index (χ3v) is 4.07. The van der Waals surface area contributed by atoms with Gasteiger partial charge in [-0.2, -0.15) is 0 Å². The zero-order valence-corrected chi connectivity index (χ0v) is 16.3. The maximum absolute atomic E-state index is 6.31. The number of ether oxygens (including phenoxy) is 4. The van der Waals surface area contributed by atoms with Gasteiger partial charge in [0, 0.05) is 11.1 Å². The molecule has 0 N–H and O–H groups in total. The Labute approximate surface area is 155 Å². The minimum atomic E-state index is 0.0239. The van der Waals surface area contributed by atoms with E-state index < -0.39 is 0 Å². The smallest absolute Gasteiger partial charge is 0.177 e. The molecule has 0 aromatic heterocycles. The van der Waals surface area contributed by atoms with Crippen molar-refractivity contribution >= 4 is 12.2 Å². The molecule has 4 nitrogen and oxygen atoms in total. The third kappa shape index (κ3) is 3.50. The summed E-state index contributed by atoms with van der Waals surface area (Å²) in [4.78, 5) is 0. The van der Waals surface area contributed by atoms with Crippen molar-refractivity contribution < 1.29 is 18.9 Å². The average Bonchev–Trinajstić information content (AvgIpc) is 2.76. The first-order chi connectivity index (χ1) is 12.4. The van der Waals surface area contributed by atoms with Crippen molar-refractivity contribution in [2.45, 2.75) is 46.8 Å². The molecule has 4 heteroatoms. The number of benzene rings is 2. The molecule has 1 heterocycles. The lowest BCUT2D eigenvalue weighted by Gasteiger charge is -2.21. The molecule has 0 bridgehead atoms. The highest BCUT2D eigenvalue weighted by Crippen LogP contribution is 2.47. The summed E-state index contributed by atoms with van der Waals surface area (Å²) in [6, 6.07) is 7.82. The number of fused-ring (bicyclic) bond motifs is 2. The summed E-state index contributed by atoms with van der Waals surface area (Å²) in [6.45, 7) is 10.0. The fourth-order valence-electron chi connectivity index (χ4n) is 2.96. The van der Waals surface area contributed by atoms with Crippen molar-refractivity contribution in [1.82, 2.24) is 0 Å². The van der Waals surface area contributed by atoms with E-state index in [0.717, 1.165) is 33.9 Å². The van der Waals surface area contributed by atoms with Gasteiger partial charge in [0.2, 0.25) is 0 Å². The van der Waals surface area contributed by atoms with E-state index >= 15 is 0 Å². The van der Waals surface area contributed by atoms with Gasteiger partial charge >= 0.3 is 0 Å². The van der Waals surface area contributed by atoms with Crippen molar-refractivity contribution in [3.05, 3.63) is 41.0 Å². The summed E-state index contributed by atoms with van der Waals surface area (Å²) in [6.07, 6.45) is 4.15. The average molecular weight is 354 g/mol. The van der Waals surface area contributed by atoms with Gasteiger partial charge in [0.05, 0.1) is 24.9 Å². The lowest BCUT2D eigenvalue weighted by molar-refractivity contribution is 0.229. The fraction of sp³-hybridized carbons (Fsp3) is 0.364. The number of rotatable bonds is 5. The number of hydrogen-bond acceptors (Lipinski definition) is 4. The minimum absolute atomic E-state index is 0.0239. The molecule has 138 valence electrons. The van der Waals surface area contributed by atoms with Gasteiger partial charge in [-0.1, -0.05) is 12.1 Å². The highest BCUT2D eigenvalue weighted by atomic mass is 16.5. The Morgan fingerprint density at radius 2 is 1.65 bits per heavy atom. The summed E-state index contributed by atoms with van der Waals surface area (Å²) in [5.74, 6) is 3.74. The molecule has 0 amide bonds. The van der Waals surface area contributed by atoms with E-state index in [2.05, 4.69) is 0 Å². The topological polar surface area (TPSA) is 36.9 Å². The van der Waals surface area contributed by atoms with Crippen LogP contribution in [0.2, 0.25) is 0 Å². The molecule has 2 aromatic carbocycles. The monoisotopic (exact) mass is 354 g/mol. The van der Waals surface area contributed by atoms with E-state index in [-0.39, 0.29) is 12.2 Å². The van der Waals surface area contributed by atoms with Crippen molar-refractivity contribution in [2.24, 2.45) is 0 Å². The van der Waals surface area contributed by atoms with Crippen molar-refractivity contribution in [3.63, 3.8) is 0 Å². The Bertz CT molecular complexity index is 835. The number of hydrogen-bond donors (Lipinski definition) is 0. The summed E-state index contributed by atoms with van der Waals surface area (Å²) < 4.78 is 23.9. The second-order valence-electron chi connectivity index (χ2n) is 6.89. The summed E-state index contributed by atoms with van der Waals surface area (Å²) in [5.41, 5.74) is 2.76. The van der Waals surface area contributed by atoms with Crippen LogP contribution in [0.1, 0.15) is 44.4 Å². The summed E-state index contributed by atoms with van der Waals surface area (Å²) in [7, 11) is 1.67. The molecule has 26 heavy (non-hydrogen) atoms. The van der Waals surface area contributed by atoms with Gasteiger partial charge in [-0.05, 0) is 58.9 Å². The van der Waals surface area contributed by atoms with Gasteiger partial charge in [0.25, 0.3) is 0 Å². The minimum Gasteiger partial charge on any atom is -0.496 e. The van der Waals surface area contributed by atoms with Crippen LogP contribution in [-0.4, -0.2) is 19.3 Å². The first kappa shape index (κ1) is 18.2. The molecular weight excluding hydrogens is 328 g/mol. The Hall–Kier alpha value is -2.62. The van der Waals surface area contributed by atoms with Crippen LogP contribution >= 0.6 is 0 Å². The molecule has 0 atom stereocenters. The van der Waals surface area contributed by atoms with Crippen molar-refractivity contribution in [3.8, 4) is 28.7 Å². The van der Waals surface area contributed by atoms with Crippen LogP contribution in [0.4, 0.5) is 0 Å². The van der Waals surface area contributed by atoms with Gasteiger partial charge in [0.15, 0.2) is 11.5 Å². The molecule has 0 saturated heterocycles. The Balaban J connectivity index is 2.16. The van der Waals surface area contributed by atoms with Gasteiger partial charge in [-0.25, -0.2) is 0 Å². The first-order valence-electron chi connectivity index (χ1n) is 8.94. The van der Waals surface area contributed by atoms with Gasteiger partial charge < -0.3 is 18.9 Å². The molecule has 0 fully saturated rings. The molecule has 0 saturated carbocycles. The normalized spacial score (nSPS) is 12.3. The van der Waals surface area contributed by atoms with Crippen molar-refractivity contribution in [2.75, 3.05) is 7.11 Å².